The molecule has 0 radical (unpaired) electrons. The maximum atomic E-state index is 13.1. The van der Waals surface area contributed by atoms with Gasteiger partial charge in [0.1, 0.15) is 10.7 Å². The van der Waals surface area contributed by atoms with Gasteiger partial charge in [0, 0.05) is 26.2 Å². The number of hydrogen-bond acceptors (Lipinski definition) is 4. The van der Waals surface area contributed by atoms with Gasteiger partial charge in [-0.2, -0.15) is 4.31 Å². The maximum Gasteiger partial charge on any atom is 0.317 e. The van der Waals surface area contributed by atoms with Crippen LogP contribution in [-0.2, 0) is 10.0 Å². The first-order chi connectivity index (χ1) is 9.89. The molecule has 0 aliphatic carbocycles. The Balaban J connectivity index is 1.87. The first kappa shape index (κ1) is 14.1. The number of anilines is 1. The Morgan fingerprint density at radius 3 is 2.81 bits per heavy atom. The smallest absolute Gasteiger partial charge is 0.317 e. The molecular weight excluding hydrogens is 299 g/mol. The third kappa shape index (κ3) is 2.32. The fourth-order valence-corrected chi connectivity index (χ4v) is 4.25. The lowest BCUT2D eigenvalue weighted by Gasteiger charge is -2.35. The molecule has 2 amide bonds. The molecule has 2 heterocycles. The molecule has 2 fully saturated rings. The van der Waals surface area contributed by atoms with E-state index in [1.807, 2.05) is 0 Å². The van der Waals surface area contributed by atoms with Crippen molar-refractivity contribution in [2.75, 3.05) is 31.9 Å². The van der Waals surface area contributed by atoms with Crippen molar-refractivity contribution in [1.82, 2.24) is 14.5 Å². The number of benzene rings is 1. The van der Waals surface area contributed by atoms with Crippen LogP contribution in [0.15, 0.2) is 23.1 Å². The van der Waals surface area contributed by atoms with E-state index in [0.717, 1.165) is 12.1 Å². The number of urea groups is 1. The summed E-state index contributed by atoms with van der Waals surface area (Å²) in [5.41, 5.74) is 5.51. The van der Waals surface area contributed by atoms with Crippen molar-refractivity contribution in [1.29, 1.82) is 0 Å². The Labute approximate surface area is 121 Å². The highest BCUT2D eigenvalue weighted by Crippen LogP contribution is 2.26. The van der Waals surface area contributed by atoms with Crippen LogP contribution in [0.25, 0.3) is 0 Å². The molecule has 7 nitrogen and oxygen atoms in total. The van der Waals surface area contributed by atoms with Crippen LogP contribution >= 0.6 is 0 Å². The van der Waals surface area contributed by atoms with Gasteiger partial charge in [-0.3, -0.25) is 0 Å². The summed E-state index contributed by atoms with van der Waals surface area (Å²) >= 11 is 0. The molecule has 0 aromatic heterocycles. The molecule has 2 saturated heterocycles. The van der Waals surface area contributed by atoms with E-state index in [1.165, 1.54) is 10.4 Å². The molecule has 2 aliphatic rings. The van der Waals surface area contributed by atoms with Gasteiger partial charge in [0.05, 0.1) is 11.7 Å². The predicted molar refractivity (Wildman–Crippen MR) is 73.5 cm³/mol. The zero-order valence-corrected chi connectivity index (χ0v) is 11.9. The van der Waals surface area contributed by atoms with Crippen molar-refractivity contribution in [2.45, 2.75) is 10.9 Å². The van der Waals surface area contributed by atoms with E-state index in [9.17, 15) is 17.6 Å². The van der Waals surface area contributed by atoms with Crippen LogP contribution in [0.3, 0.4) is 0 Å². The Morgan fingerprint density at radius 2 is 2.10 bits per heavy atom. The van der Waals surface area contributed by atoms with Gasteiger partial charge in [0.15, 0.2) is 0 Å². The van der Waals surface area contributed by atoms with Crippen LogP contribution in [0.4, 0.5) is 14.9 Å². The second-order valence-corrected chi connectivity index (χ2v) is 6.98. The van der Waals surface area contributed by atoms with Gasteiger partial charge < -0.3 is 16.0 Å². The number of carbonyl (C=O) groups is 1. The van der Waals surface area contributed by atoms with Crippen LogP contribution < -0.4 is 11.1 Å². The van der Waals surface area contributed by atoms with Crippen molar-refractivity contribution in [3.8, 4) is 0 Å². The lowest BCUT2D eigenvalue weighted by Crippen LogP contribution is -2.53. The third-order valence-electron chi connectivity index (χ3n) is 3.78. The van der Waals surface area contributed by atoms with E-state index in [4.69, 9.17) is 5.73 Å². The van der Waals surface area contributed by atoms with Crippen LogP contribution in [-0.4, -0.2) is 55.9 Å². The fraction of sp³-hybridized carbons (Fsp3) is 0.417. The Morgan fingerprint density at radius 1 is 1.33 bits per heavy atom. The lowest BCUT2D eigenvalue weighted by atomic mass is 10.2. The second kappa shape index (κ2) is 4.85. The monoisotopic (exact) mass is 314 g/mol. The highest BCUT2D eigenvalue weighted by molar-refractivity contribution is 7.89. The molecule has 1 aromatic rings. The minimum absolute atomic E-state index is 0.102. The number of amides is 2. The highest BCUT2D eigenvalue weighted by Gasteiger charge is 2.40. The number of fused-ring (bicyclic) bond motifs is 1. The molecule has 9 heteroatoms. The summed E-state index contributed by atoms with van der Waals surface area (Å²) in [5, 5.41) is 2.68. The second-order valence-electron chi connectivity index (χ2n) is 5.08. The standard InChI is InChI=1S/C12H15FN4O3S/c13-8-1-2-11(10(14)5-8)21(19,20)16-3-4-17-9(7-16)6-15-12(17)18/h1-2,5,9H,3-4,6-7,14H2,(H,15,18). The summed E-state index contributed by atoms with van der Waals surface area (Å²) in [6.07, 6.45) is 0. The third-order valence-corrected chi connectivity index (χ3v) is 5.72. The average Bonchev–Trinajstić information content (AvgIpc) is 2.79. The highest BCUT2D eigenvalue weighted by atomic mass is 32.2. The first-order valence-corrected chi connectivity index (χ1v) is 7.93. The van der Waals surface area contributed by atoms with Gasteiger partial charge in [-0.25, -0.2) is 17.6 Å². The Bertz CT molecular complexity index is 694. The predicted octanol–water partition coefficient (Wildman–Crippen LogP) is -0.194. The van der Waals surface area contributed by atoms with E-state index >= 15 is 0 Å². The molecular formula is C12H15FN4O3S. The zero-order valence-electron chi connectivity index (χ0n) is 11.1. The van der Waals surface area contributed by atoms with Gasteiger partial charge in [0.25, 0.3) is 0 Å². The number of halogens is 1. The van der Waals surface area contributed by atoms with Crippen molar-refractivity contribution in [3.05, 3.63) is 24.0 Å². The van der Waals surface area contributed by atoms with Gasteiger partial charge in [0.2, 0.25) is 10.0 Å². The number of piperazine rings is 1. The number of nitrogens with zero attached hydrogens (tertiary/aromatic N) is 2. The molecule has 3 rings (SSSR count). The number of rotatable bonds is 2. The summed E-state index contributed by atoms with van der Waals surface area (Å²) in [5.74, 6) is -0.582. The molecule has 0 saturated carbocycles. The molecule has 3 N–H and O–H groups in total. The van der Waals surface area contributed by atoms with E-state index < -0.39 is 15.8 Å². The van der Waals surface area contributed by atoms with Gasteiger partial charge in [-0.1, -0.05) is 0 Å². The number of carbonyl (C=O) groups excluding carboxylic acids is 1. The average molecular weight is 314 g/mol. The number of nitrogen functional groups attached to an aromatic ring is 1. The minimum Gasteiger partial charge on any atom is -0.398 e. The van der Waals surface area contributed by atoms with Crippen molar-refractivity contribution in [3.63, 3.8) is 0 Å². The number of sulfonamides is 1. The normalized spacial score (nSPS) is 23.0. The SMILES string of the molecule is Nc1cc(F)ccc1S(=O)(=O)N1CCN2C(=O)NCC2C1. The summed E-state index contributed by atoms with van der Waals surface area (Å²) < 4.78 is 39.5. The summed E-state index contributed by atoms with van der Waals surface area (Å²) in [6, 6.07) is 2.88. The van der Waals surface area contributed by atoms with Crippen LogP contribution in [0.2, 0.25) is 0 Å². The van der Waals surface area contributed by atoms with Crippen LogP contribution in [0, 0.1) is 5.82 Å². The van der Waals surface area contributed by atoms with Crippen LogP contribution in [0.1, 0.15) is 0 Å². The number of nitrogens with two attached hydrogens (primary N) is 1. The van der Waals surface area contributed by atoms with Crippen molar-refractivity contribution >= 4 is 21.7 Å². The van der Waals surface area contributed by atoms with E-state index in [1.54, 1.807) is 4.90 Å². The topological polar surface area (TPSA) is 95.7 Å². The summed E-state index contributed by atoms with van der Waals surface area (Å²) in [6.45, 7) is 1.15. The van der Waals surface area contributed by atoms with E-state index in [-0.39, 0.29) is 35.7 Å². The molecule has 0 bridgehead atoms. The number of hydrogen-bond donors (Lipinski definition) is 2. The Kier molecular flexibility index (Phi) is 3.25. The maximum absolute atomic E-state index is 13.1. The molecule has 114 valence electrons. The minimum atomic E-state index is -3.79. The van der Waals surface area contributed by atoms with Crippen molar-refractivity contribution in [2.24, 2.45) is 0 Å². The molecule has 1 aromatic carbocycles. The molecule has 1 atom stereocenters. The summed E-state index contributed by atoms with van der Waals surface area (Å²) in [7, 11) is -3.79. The summed E-state index contributed by atoms with van der Waals surface area (Å²) in [4.78, 5) is 13.0. The zero-order chi connectivity index (χ0) is 15.2. The largest absolute Gasteiger partial charge is 0.398 e. The Hall–Kier alpha value is -1.87. The quantitative estimate of drug-likeness (QED) is 0.739. The van der Waals surface area contributed by atoms with Gasteiger partial charge >= 0.3 is 6.03 Å². The van der Waals surface area contributed by atoms with Crippen molar-refractivity contribution < 1.29 is 17.6 Å². The molecule has 0 spiro atoms. The van der Waals surface area contributed by atoms with E-state index in [0.29, 0.717) is 13.1 Å². The first-order valence-electron chi connectivity index (χ1n) is 6.49. The molecule has 21 heavy (non-hydrogen) atoms. The number of nitrogens with one attached hydrogen (secondary N) is 1. The van der Waals surface area contributed by atoms with Gasteiger partial charge in [-0.15, -0.1) is 0 Å². The van der Waals surface area contributed by atoms with Gasteiger partial charge in [-0.05, 0) is 18.2 Å². The van der Waals surface area contributed by atoms with E-state index in [2.05, 4.69) is 5.32 Å². The molecule has 1 unspecified atom stereocenters. The van der Waals surface area contributed by atoms with Crippen LogP contribution in [0.5, 0.6) is 0 Å². The fourth-order valence-electron chi connectivity index (χ4n) is 2.69. The molecule has 2 aliphatic heterocycles. The lowest BCUT2D eigenvalue weighted by molar-refractivity contribution is 0.164.